The quantitative estimate of drug-likeness (QED) is 0.411. The zero-order valence-corrected chi connectivity index (χ0v) is 18.3. The molecule has 8 nitrogen and oxygen atoms in total. The second kappa shape index (κ2) is 9.76. The zero-order chi connectivity index (χ0) is 21.6. The van der Waals surface area contributed by atoms with Crippen molar-refractivity contribution in [2.75, 3.05) is 5.75 Å². The maximum atomic E-state index is 12.7. The summed E-state index contributed by atoms with van der Waals surface area (Å²) in [6.45, 7) is 2.43. The van der Waals surface area contributed by atoms with E-state index in [1.807, 2.05) is 60.0 Å². The average Bonchev–Trinajstić information content (AvgIpc) is 3.46. The Bertz CT molecular complexity index is 1150. The molecule has 4 rings (SSSR count). The number of aryl methyl sites for hydroxylation is 1. The minimum Gasteiger partial charge on any atom is -0.347 e. The van der Waals surface area contributed by atoms with E-state index in [1.165, 1.54) is 18.1 Å². The molecule has 0 saturated carbocycles. The van der Waals surface area contributed by atoms with Gasteiger partial charge in [-0.3, -0.25) is 14.0 Å². The number of nitrogens with one attached hydrogen (secondary N) is 1. The largest absolute Gasteiger partial charge is 0.347 e. The van der Waals surface area contributed by atoms with E-state index in [0.717, 1.165) is 16.8 Å². The van der Waals surface area contributed by atoms with Crippen LogP contribution in [0.5, 0.6) is 0 Å². The average molecular weight is 454 g/mol. The third-order valence-corrected chi connectivity index (χ3v) is 6.01. The van der Waals surface area contributed by atoms with E-state index in [0.29, 0.717) is 16.7 Å². The highest BCUT2D eigenvalue weighted by molar-refractivity contribution is 7.99. The number of hydrogen-bond acceptors (Lipinski definition) is 6. The fourth-order valence-electron chi connectivity index (χ4n) is 3.03. The molecule has 2 heterocycles. The van der Waals surface area contributed by atoms with Crippen LogP contribution in [0.15, 0.2) is 72.7 Å². The van der Waals surface area contributed by atoms with E-state index in [2.05, 4.69) is 25.6 Å². The van der Waals surface area contributed by atoms with Crippen molar-refractivity contribution in [2.45, 2.75) is 24.7 Å². The van der Waals surface area contributed by atoms with E-state index in [4.69, 9.17) is 11.6 Å². The van der Waals surface area contributed by atoms with Gasteiger partial charge in [-0.1, -0.05) is 59.8 Å². The summed E-state index contributed by atoms with van der Waals surface area (Å²) in [5, 5.41) is 16.6. The van der Waals surface area contributed by atoms with E-state index >= 15 is 0 Å². The molecule has 0 aliphatic heterocycles. The van der Waals surface area contributed by atoms with Crippen LogP contribution in [0.1, 0.15) is 17.2 Å². The molecule has 0 aliphatic carbocycles. The Morgan fingerprint density at radius 2 is 2.03 bits per heavy atom. The van der Waals surface area contributed by atoms with Crippen LogP contribution < -0.4 is 5.32 Å². The highest BCUT2D eigenvalue weighted by Crippen LogP contribution is 2.24. The van der Waals surface area contributed by atoms with Crippen LogP contribution >= 0.6 is 23.4 Å². The first-order valence-corrected chi connectivity index (χ1v) is 10.9. The fraction of sp³-hybridized carbons (Fsp3) is 0.190. The van der Waals surface area contributed by atoms with E-state index in [1.54, 1.807) is 17.3 Å². The van der Waals surface area contributed by atoms with Crippen LogP contribution in [0.3, 0.4) is 0 Å². The van der Waals surface area contributed by atoms with Crippen molar-refractivity contribution >= 4 is 29.3 Å². The Balaban J connectivity index is 1.43. The van der Waals surface area contributed by atoms with Crippen LogP contribution in [0.2, 0.25) is 5.02 Å². The Labute approximate surface area is 188 Å². The molecule has 0 saturated heterocycles. The number of thioether (sulfide) groups is 1. The standard InChI is InChI=1S/C21H20ClN7OS/c1-15-7-8-17(9-18(15)22)29-14-24-27-21(29)31-11-20(30)26-19(10-28-13-23-12-25-28)16-5-3-2-4-6-16/h2-9,12-14,19H,10-11H2,1H3,(H,26,30). The Morgan fingerprint density at radius 3 is 2.77 bits per heavy atom. The minimum atomic E-state index is -0.232. The topological polar surface area (TPSA) is 90.5 Å². The lowest BCUT2D eigenvalue weighted by molar-refractivity contribution is -0.119. The molecular formula is C21H20ClN7OS. The molecule has 1 unspecified atom stereocenters. The predicted molar refractivity (Wildman–Crippen MR) is 119 cm³/mol. The normalized spacial score (nSPS) is 11.9. The monoisotopic (exact) mass is 453 g/mol. The number of carbonyl (C=O) groups is 1. The number of carbonyl (C=O) groups excluding carboxylic acids is 1. The lowest BCUT2D eigenvalue weighted by atomic mass is 10.1. The van der Waals surface area contributed by atoms with Gasteiger partial charge in [-0.05, 0) is 30.2 Å². The van der Waals surface area contributed by atoms with Crippen molar-refractivity contribution in [3.8, 4) is 5.69 Å². The highest BCUT2D eigenvalue weighted by atomic mass is 35.5. The fourth-order valence-corrected chi connectivity index (χ4v) is 3.95. The SMILES string of the molecule is Cc1ccc(-n2cnnc2SCC(=O)NC(Cn2cncn2)c2ccccc2)cc1Cl. The van der Waals surface area contributed by atoms with Crippen LogP contribution in [-0.4, -0.2) is 41.2 Å². The number of hydrogen-bond donors (Lipinski definition) is 1. The number of amides is 1. The summed E-state index contributed by atoms with van der Waals surface area (Å²) in [5.74, 6) is 0.0781. The first kappa shape index (κ1) is 21.1. The minimum absolute atomic E-state index is 0.115. The third-order valence-electron chi connectivity index (χ3n) is 4.66. The zero-order valence-electron chi connectivity index (χ0n) is 16.7. The molecular weight excluding hydrogens is 434 g/mol. The first-order valence-electron chi connectivity index (χ1n) is 9.56. The molecule has 1 amide bonds. The van der Waals surface area contributed by atoms with E-state index < -0.39 is 0 Å². The van der Waals surface area contributed by atoms with Crippen molar-refractivity contribution in [3.05, 3.63) is 83.7 Å². The van der Waals surface area contributed by atoms with E-state index in [9.17, 15) is 4.79 Å². The van der Waals surface area contributed by atoms with Gasteiger partial charge in [-0.2, -0.15) is 5.10 Å². The predicted octanol–water partition coefficient (Wildman–Crippen LogP) is 3.47. The lowest BCUT2D eigenvalue weighted by Gasteiger charge is -2.19. The molecule has 2 aromatic carbocycles. The second-order valence-electron chi connectivity index (χ2n) is 6.85. The molecule has 0 aliphatic rings. The Morgan fingerprint density at radius 1 is 1.19 bits per heavy atom. The number of rotatable bonds is 8. The van der Waals surface area contributed by atoms with Gasteiger partial charge in [0.1, 0.15) is 19.0 Å². The number of aromatic nitrogens is 6. The molecule has 10 heteroatoms. The van der Waals surface area contributed by atoms with E-state index in [-0.39, 0.29) is 17.7 Å². The number of benzene rings is 2. The van der Waals surface area contributed by atoms with Crippen molar-refractivity contribution in [2.24, 2.45) is 0 Å². The molecule has 4 aromatic rings. The van der Waals surface area contributed by atoms with Crippen LogP contribution in [-0.2, 0) is 11.3 Å². The molecule has 0 bridgehead atoms. The first-order chi connectivity index (χ1) is 15.1. The summed E-state index contributed by atoms with van der Waals surface area (Å²) in [7, 11) is 0. The molecule has 1 N–H and O–H groups in total. The van der Waals surface area contributed by atoms with Crippen molar-refractivity contribution in [1.29, 1.82) is 0 Å². The van der Waals surface area contributed by atoms with Gasteiger partial charge in [-0.15, -0.1) is 10.2 Å². The van der Waals surface area contributed by atoms with Crippen molar-refractivity contribution in [3.63, 3.8) is 0 Å². The van der Waals surface area contributed by atoms with Crippen LogP contribution in [0, 0.1) is 6.92 Å². The van der Waals surface area contributed by atoms with Crippen LogP contribution in [0.4, 0.5) is 0 Å². The van der Waals surface area contributed by atoms with Gasteiger partial charge in [0.05, 0.1) is 24.0 Å². The number of halogens is 1. The Kier molecular flexibility index (Phi) is 6.63. The maximum absolute atomic E-state index is 12.7. The summed E-state index contributed by atoms with van der Waals surface area (Å²) in [5.41, 5.74) is 2.83. The summed E-state index contributed by atoms with van der Waals surface area (Å²) < 4.78 is 3.51. The van der Waals surface area contributed by atoms with Gasteiger partial charge < -0.3 is 5.32 Å². The Hall–Kier alpha value is -3.17. The highest BCUT2D eigenvalue weighted by Gasteiger charge is 2.17. The lowest BCUT2D eigenvalue weighted by Crippen LogP contribution is -2.32. The summed E-state index contributed by atoms with van der Waals surface area (Å²) in [6.07, 6.45) is 4.72. The maximum Gasteiger partial charge on any atom is 0.231 e. The van der Waals surface area contributed by atoms with Gasteiger partial charge in [0, 0.05) is 5.02 Å². The molecule has 1 atom stereocenters. The van der Waals surface area contributed by atoms with Gasteiger partial charge in [-0.25, -0.2) is 4.98 Å². The van der Waals surface area contributed by atoms with Gasteiger partial charge in [0.2, 0.25) is 5.91 Å². The van der Waals surface area contributed by atoms with Gasteiger partial charge >= 0.3 is 0 Å². The van der Waals surface area contributed by atoms with Crippen molar-refractivity contribution in [1.82, 2.24) is 34.8 Å². The third kappa shape index (κ3) is 5.31. The molecule has 31 heavy (non-hydrogen) atoms. The second-order valence-corrected chi connectivity index (χ2v) is 8.20. The molecule has 0 radical (unpaired) electrons. The summed E-state index contributed by atoms with van der Waals surface area (Å²) >= 11 is 7.56. The smallest absolute Gasteiger partial charge is 0.231 e. The molecule has 158 valence electrons. The van der Waals surface area contributed by atoms with Crippen molar-refractivity contribution < 1.29 is 4.79 Å². The van der Waals surface area contributed by atoms with Crippen LogP contribution in [0.25, 0.3) is 5.69 Å². The molecule has 2 aromatic heterocycles. The molecule has 0 fully saturated rings. The van der Waals surface area contributed by atoms with Gasteiger partial charge in [0.25, 0.3) is 0 Å². The van der Waals surface area contributed by atoms with Gasteiger partial charge in [0.15, 0.2) is 5.16 Å². The molecule has 0 spiro atoms. The summed E-state index contributed by atoms with van der Waals surface area (Å²) in [4.78, 5) is 16.7. The number of nitrogens with zero attached hydrogens (tertiary/aromatic N) is 6. The summed E-state index contributed by atoms with van der Waals surface area (Å²) in [6, 6.07) is 15.3.